The number of carbonyl (C=O) groups excluding carboxylic acids is 2. The molecule has 0 bridgehead atoms. The van der Waals surface area contributed by atoms with E-state index in [0.29, 0.717) is 6.54 Å². The average molecular weight is 300 g/mol. The lowest BCUT2D eigenvalue weighted by Crippen LogP contribution is -2.35. The summed E-state index contributed by atoms with van der Waals surface area (Å²) in [6.07, 6.45) is 0.821. The second-order valence-electron chi connectivity index (χ2n) is 5.00. The molecule has 4 nitrogen and oxygen atoms in total. The van der Waals surface area contributed by atoms with Crippen molar-refractivity contribution in [1.82, 2.24) is 4.90 Å². The van der Waals surface area contributed by atoms with E-state index in [2.05, 4.69) is 5.32 Å². The van der Waals surface area contributed by atoms with Crippen molar-refractivity contribution in [2.75, 3.05) is 11.9 Å². The van der Waals surface area contributed by atoms with Gasteiger partial charge < -0.3 is 10.2 Å². The zero-order valence-corrected chi connectivity index (χ0v) is 12.6. The smallest absolute Gasteiger partial charge is 0.264 e. The summed E-state index contributed by atoms with van der Waals surface area (Å²) in [6, 6.07) is 9.58. The summed E-state index contributed by atoms with van der Waals surface area (Å²) in [5.74, 6) is -0.211. The average Bonchev–Trinajstić information content (AvgIpc) is 2.89. The molecule has 21 heavy (non-hydrogen) atoms. The van der Waals surface area contributed by atoms with Gasteiger partial charge in [-0.15, -0.1) is 11.3 Å². The molecule has 2 aromatic rings. The highest BCUT2D eigenvalue weighted by Gasteiger charge is 2.25. The molecule has 108 valence electrons. The fourth-order valence-corrected chi connectivity index (χ4v) is 3.46. The van der Waals surface area contributed by atoms with Crippen LogP contribution in [0.2, 0.25) is 0 Å². The number of nitrogens with one attached hydrogen (secondary N) is 1. The third-order valence-corrected chi connectivity index (χ3v) is 4.54. The molecular formula is C16H16N2O2S. The maximum absolute atomic E-state index is 12.7. The Morgan fingerprint density at radius 2 is 2.10 bits per heavy atom. The van der Waals surface area contributed by atoms with Gasteiger partial charge in [0.25, 0.3) is 5.91 Å². The predicted molar refractivity (Wildman–Crippen MR) is 83.5 cm³/mol. The maximum atomic E-state index is 12.7. The largest absolute Gasteiger partial charge is 0.324 e. The van der Waals surface area contributed by atoms with Crippen molar-refractivity contribution in [2.45, 2.75) is 19.9 Å². The van der Waals surface area contributed by atoms with E-state index in [9.17, 15) is 9.59 Å². The highest BCUT2D eigenvalue weighted by atomic mass is 32.1. The van der Waals surface area contributed by atoms with Crippen LogP contribution in [-0.2, 0) is 17.8 Å². The van der Waals surface area contributed by atoms with Gasteiger partial charge in [-0.3, -0.25) is 9.59 Å². The third-order valence-electron chi connectivity index (χ3n) is 3.60. The number of benzene rings is 1. The lowest BCUT2D eigenvalue weighted by Gasteiger charge is -2.19. The molecule has 2 amide bonds. The first-order valence-electron chi connectivity index (χ1n) is 6.92. The van der Waals surface area contributed by atoms with Crippen LogP contribution >= 0.6 is 11.3 Å². The Kier molecular flexibility index (Phi) is 3.75. The van der Waals surface area contributed by atoms with Crippen LogP contribution in [0, 0.1) is 0 Å². The van der Waals surface area contributed by atoms with Gasteiger partial charge in [0, 0.05) is 12.2 Å². The predicted octanol–water partition coefficient (Wildman–Crippen LogP) is 2.91. The molecule has 1 N–H and O–H groups in total. The van der Waals surface area contributed by atoms with Gasteiger partial charge in [-0.05, 0) is 35.1 Å². The van der Waals surface area contributed by atoms with E-state index in [-0.39, 0.29) is 18.4 Å². The van der Waals surface area contributed by atoms with Gasteiger partial charge in [0.1, 0.15) is 6.54 Å². The molecule has 0 fully saturated rings. The molecule has 3 rings (SSSR count). The molecule has 0 atom stereocenters. The van der Waals surface area contributed by atoms with Crippen LogP contribution in [0.25, 0.3) is 0 Å². The van der Waals surface area contributed by atoms with Gasteiger partial charge in [-0.25, -0.2) is 0 Å². The Labute approximate surface area is 127 Å². The summed E-state index contributed by atoms with van der Waals surface area (Å²) >= 11 is 1.44. The van der Waals surface area contributed by atoms with Crippen molar-refractivity contribution in [1.29, 1.82) is 0 Å². The first kappa shape index (κ1) is 13.8. The number of fused-ring (bicyclic) bond motifs is 1. The number of thiophene rings is 1. The van der Waals surface area contributed by atoms with Crippen LogP contribution in [0.3, 0.4) is 0 Å². The normalized spacial score (nSPS) is 14.3. The van der Waals surface area contributed by atoms with Crippen molar-refractivity contribution < 1.29 is 9.59 Å². The third kappa shape index (κ3) is 2.69. The van der Waals surface area contributed by atoms with Crippen LogP contribution in [0.5, 0.6) is 0 Å². The minimum absolute atomic E-state index is 0.0614. The van der Waals surface area contributed by atoms with Gasteiger partial charge in [0.05, 0.1) is 4.88 Å². The Hall–Kier alpha value is -2.14. The number of para-hydroxylation sites is 1. The zero-order chi connectivity index (χ0) is 14.8. The highest BCUT2D eigenvalue weighted by molar-refractivity contribution is 7.12. The summed E-state index contributed by atoms with van der Waals surface area (Å²) in [5.41, 5.74) is 2.80. The molecule has 1 aromatic carbocycles. The van der Waals surface area contributed by atoms with Crippen LogP contribution in [0.15, 0.2) is 35.7 Å². The van der Waals surface area contributed by atoms with Gasteiger partial charge in [0.2, 0.25) is 5.91 Å². The van der Waals surface area contributed by atoms with Crippen molar-refractivity contribution in [2.24, 2.45) is 0 Å². The fourth-order valence-electron chi connectivity index (χ4n) is 2.49. The van der Waals surface area contributed by atoms with Gasteiger partial charge in [-0.2, -0.15) is 0 Å². The molecule has 2 heterocycles. The number of amides is 2. The molecular weight excluding hydrogens is 284 g/mol. The van der Waals surface area contributed by atoms with E-state index < -0.39 is 0 Å². The standard InChI is InChI=1S/C16H16N2O2S/c1-2-11-7-8-21-15(11)16(20)18-9-12-5-3-4-6-13(12)17-14(19)10-18/h3-8H,2,9-10H2,1H3,(H,17,19). The molecule has 0 radical (unpaired) electrons. The lowest BCUT2D eigenvalue weighted by molar-refractivity contribution is -0.116. The summed E-state index contributed by atoms with van der Waals surface area (Å²) in [7, 11) is 0. The number of anilines is 1. The molecule has 0 saturated heterocycles. The van der Waals surface area contributed by atoms with Gasteiger partial charge in [0.15, 0.2) is 0 Å². The quantitative estimate of drug-likeness (QED) is 0.927. The Balaban J connectivity index is 1.92. The molecule has 1 aliphatic rings. The summed E-state index contributed by atoms with van der Waals surface area (Å²) in [4.78, 5) is 27.0. The number of nitrogens with zero attached hydrogens (tertiary/aromatic N) is 1. The monoisotopic (exact) mass is 300 g/mol. The number of hydrogen-bond acceptors (Lipinski definition) is 3. The second kappa shape index (κ2) is 5.69. The van der Waals surface area contributed by atoms with E-state index in [1.54, 1.807) is 4.90 Å². The van der Waals surface area contributed by atoms with E-state index in [4.69, 9.17) is 0 Å². The number of hydrogen-bond donors (Lipinski definition) is 1. The summed E-state index contributed by atoms with van der Waals surface area (Å²) < 4.78 is 0. The van der Waals surface area contributed by atoms with Crippen molar-refractivity contribution >= 4 is 28.8 Å². The van der Waals surface area contributed by atoms with E-state index in [0.717, 1.165) is 28.1 Å². The van der Waals surface area contributed by atoms with Crippen LogP contribution in [-0.4, -0.2) is 23.3 Å². The SMILES string of the molecule is CCc1ccsc1C(=O)N1CC(=O)Nc2ccccc2C1. The van der Waals surface area contributed by atoms with E-state index >= 15 is 0 Å². The second-order valence-corrected chi connectivity index (χ2v) is 5.91. The van der Waals surface area contributed by atoms with Crippen molar-refractivity contribution in [3.8, 4) is 0 Å². The number of rotatable bonds is 2. The minimum Gasteiger partial charge on any atom is -0.324 e. The summed E-state index contributed by atoms with van der Waals surface area (Å²) in [6.45, 7) is 2.58. The van der Waals surface area contributed by atoms with Crippen LogP contribution < -0.4 is 5.32 Å². The fraction of sp³-hybridized carbons (Fsp3) is 0.250. The zero-order valence-electron chi connectivity index (χ0n) is 11.8. The van der Waals surface area contributed by atoms with Crippen molar-refractivity contribution in [3.05, 3.63) is 51.7 Å². The Morgan fingerprint density at radius 1 is 1.29 bits per heavy atom. The van der Waals surface area contributed by atoms with Gasteiger partial charge >= 0.3 is 0 Å². The first-order chi connectivity index (χ1) is 10.2. The Morgan fingerprint density at radius 3 is 2.90 bits per heavy atom. The highest BCUT2D eigenvalue weighted by Crippen LogP contribution is 2.24. The van der Waals surface area contributed by atoms with Crippen LogP contribution in [0.1, 0.15) is 27.7 Å². The van der Waals surface area contributed by atoms with E-state index in [1.807, 2.05) is 42.6 Å². The molecule has 0 saturated carbocycles. The minimum atomic E-state index is -0.150. The molecule has 0 spiro atoms. The van der Waals surface area contributed by atoms with E-state index in [1.165, 1.54) is 11.3 Å². The van der Waals surface area contributed by atoms with Crippen molar-refractivity contribution in [3.63, 3.8) is 0 Å². The maximum Gasteiger partial charge on any atom is 0.264 e. The number of carbonyl (C=O) groups is 2. The first-order valence-corrected chi connectivity index (χ1v) is 7.80. The van der Waals surface area contributed by atoms with Crippen LogP contribution in [0.4, 0.5) is 5.69 Å². The lowest BCUT2D eigenvalue weighted by atomic mass is 10.1. The molecule has 0 aliphatic carbocycles. The molecule has 1 aromatic heterocycles. The van der Waals surface area contributed by atoms with Gasteiger partial charge in [-0.1, -0.05) is 25.1 Å². The molecule has 0 unspecified atom stereocenters. The molecule has 1 aliphatic heterocycles. The molecule has 5 heteroatoms. The summed E-state index contributed by atoms with van der Waals surface area (Å²) in [5, 5.41) is 4.78. The topological polar surface area (TPSA) is 49.4 Å². The Bertz CT molecular complexity index is 693. The number of aryl methyl sites for hydroxylation is 1.